The van der Waals surface area contributed by atoms with Crippen LogP contribution in [0.4, 0.5) is 0 Å². The molecule has 1 aliphatic carbocycles. The van der Waals surface area contributed by atoms with Gasteiger partial charge < -0.3 is 9.84 Å². The molecule has 0 aliphatic heterocycles. The van der Waals surface area contributed by atoms with E-state index in [0.29, 0.717) is 6.61 Å². The van der Waals surface area contributed by atoms with Crippen LogP contribution in [-0.4, -0.2) is 17.7 Å². The smallest absolute Gasteiger partial charge is 0.304 e. The Morgan fingerprint density at radius 1 is 1.25 bits per heavy atom. The number of carboxylic acids is 1. The predicted molar refractivity (Wildman–Crippen MR) is 81.1 cm³/mol. The van der Waals surface area contributed by atoms with Crippen LogP contribution in [0, 0.1) is 5.41 Å². The van der Waals surface area contributed by atoms with Gasteiger partial charge in [-0.1, -0.05) is 30.3 Å². The van der Waals surface area contributed by atoms with Gasteiger partial charge in [-0.2, -0.15) is 0 Å². The van der Waals surface area contributed by atoms with Crippen molar-refractivity contribution in [2.24, 2.45) is 5.41 Å². The molecule has 1 fully saturated rings. The molecule has 0 atom stereocenters. The molecule has 0 saturated heterocycles. The van der Waals surface area contributed by atoms with Crippen molar-refractivity contribution in [3.05, 3.63) is 40.9 Å². The number of carboxylic acid groups (broad SMARTS) is 1. The maximum atomic E-state index is 10.8. The Balaban J connectivity index is 1.78. The summed E-state index contributed by atoms with van der Waals surface area (Å²) >= 11 is 3.58. The molecule has 1 aliphatic rings. The molecular weight excluding hydrogens is 320 g/mol. The summed E-state index contributed by atoms with van der Waals surface area (Å²) in [5.41, 5.74) is -0.156. The van der Waals surface area contributed by atoms with Crippen molar-refractivity contribution in [2.45, 2.75) is 19.3 Å². The van der Waals surface area contributed by atoms with Crippen molar-refractivity contribution in [1.29, 1.82) is 0 Å². The highest BCUT2D eigenvalue weighted by atomic mass is 79.9. The van der Waals surface area contributed by atoms with Gasteiger partial charge in [0.2, 0.25) is 0 Å². The molecule has 2 aromatic carbocycles. The van der Waals surface area contributed by atoms with Crippen molar-refractivity contribution < 1.29 is 14.6 Å². The van der Waals surface area contributed by atoms with Crippen molar-refractivity contribution >= 4 is 32.7 Å². The second-order valence-electron chi connectivity index (χ2n) is 5.46. The van der Waals surface area contributed by atoms with Crippen LogP contribution in [0.3, 0.4) is 0 Å². The van der Waals surface area contributed by atoms with E-state index in [9.17, 15) is 4.79 Å². The first kappa shape index (κ1) is 13.4. The number of halogens is 1. The normalized spacial score (nSPS) is 16.1. The standard InChI is InChI=1S/C16H15BrO3/c17-15-12-4-2-1-3-11(12)5-6-13(15)20-10-16(7-8-16)9-14(18)19/h1-6H,7-10H2,(H,18,19). The van der Waals surface area contributed by atoms with E-state index in [2.05, 4.69) is 22.0 Å². The lowest BCUT2D eigenvalue weighted by molar-refractivity contribution is -0.138. The lowest BCUT2D eigenvalue weighted by Crippen LogP contribution is -2.17. The van der Waals surface area contributed by atoms with E-state index in [1.165, 1.54) is 0 Å². The summed E-state index contributed by atoms with van der Waals surface area (Å²) in [5.74, 6) is 0.0315. The third-order valence-electron chi connectivity index (χ3n) is 3.85. The molecule has 0 amide bonds. The third kappa shape index (κ3) is 2.66. The quantitative estimate of drug-likeness (QED) is 0.889. The predicted octanol–water partition coefficient (Wildman–Crippen LogP) is 4.24. The molecule has 1 N–H and O–H groups in total. The molecule has 0 radical (unpaired) electrons. The van der Waals surface area contributed by atoms with Gasteiger partial charge >= 0.3 is 5.97 Å². The molecule has 3 nitrogen and oxygen atoms in total. The largest absolute Gasteiger partial charge is 0.492 e. The Bertz CT molecular complexity index is 662. The van der Waals surface area contributed by atoms with E-state index in [-0.39, 0.29) is 11.8 Å². The molecule has 104 valence electrons. The monoisotopic (exact) mass is 334 g/mol. The fraction of sp³-hybridized carbons (Fsp3) is 0.312. The van der Waals surface area contributed by atoms with Gasteiger partial charge in [-0.3, -0.25) is 4.79 Å². The molecule has 0 heterocycles. The molecule has 3 rings (SSSR count). The van der Waals surface area contributed by atoms with Gasteiger partial charge in [0.1, 0.15) is 5.75 Å². The maximum Gasteiger partial charge on any atom is 0.304 e. The van der Waals surface area contributed by atoms with Crippen LogP contribution in [0.5, 0.6) is 5.75 Å². The minimum atomic E-state index is -0.747. The Hall–Kier alpha value is -1.55. The fourth-order valence-corrected chi connectivity index (χ4v) is 3.03. The number of aliphatic carboxylic acids is 1. The first-order chi connectivity index (χ1) is 9.60. The number of hydrogen-bond donors (Lipinski definition) is 1. The number of fused-ring (bicyclic) bond motifs is 1. The van der Waals surface area contributed by atoms with Crippen LogP contribution in [0.25, 0.3) is 10.8 Å². The topological polar surface area (TPSA) is 46.5 Å². The average Bonchev–Trinajstić information content (AvgIpc) is 3.17. The van der Waals surface area contributed by atoms with Gasteiger partial charge in [-0.15, -0.1) is 0 Å². The Kier molecular flexibility index (Phi) is 3.42. The van der Waals surface area contributed by atoms with Gasteiger partial charge in [0.05, 0.1) is 17.5 Å². The first-order valence-corrected chi connectivity index (χ1v) is 7.41. The van der Waals surface area contributed by atoms with E-state index in [1.54, 1.807) is 0 Å². The van der Waals surface area contributed by atoms with Gasteiger partial charge in [0.25, 0.3) is 0 Å². The van der Waals surface area contributed by atoms with Crippen LogP contribution < -0.4 is 4.74 Å². The van der Waals surface area contributed by atoms with Crippen LogP contribution in [0.15, 0.2) is 40.9 Å². The van der Waals surface area contributed by atoms with Crippen molar-refractivity contribution in [1.82, 2.24) is 0 Å². The summed E-state index contributed by atoms with van der Waals surface area (Å²) < 4.78 is 6.80. The molecule has 0 unspecified atom stereocenters. The zero-order chi connectivity index (χ0) is 14.2. The number of rotatable bonds is 5. The highest BCUT2D eigenvalue weighted by Gasteiger charge is 2.45. The highest BCUT2D eigenvalue weighted by molar-refractivity contribution is 9.10. The molecule has 0 bridgehead atoms. The summed E-state index contributed by atoms with van der Waals surface area (Å²) in [4.78, 5) is 10.8. The lowest BCUT2D eigenvalue weighted by atomic mass is 10.0. The summed E-state index contributed by atoms with van der Waals surface area (Å²) in [6, 6.07) is 12.0. The van der Waals surface area contributed by atoms with Crippen LogP contribution in [0.2, 0.25) is 0 Å². The van der Waals surface area contributed by atoms with Gasteiger partial charge in [-0.05, 0) is 45.6 Å². The van der Waals surface area contributed by atoms with Crippen LogP contribution >= 0.6 is 15.9 Å². The second kappa shape index (κ2) is 5.09. The van der Waals surface area contributed by atoms with Gasteiger partial charge in [-0.25, -0.2) is 0 Å². The van der Waals surface area contributed by atoms with E-state index in [0.717, 1.165) is 33.8 Å². The summed E-state index contributed by atoms with van der Waals surface area (Å²) in [6.45, 7) is 0.468. The number of hydrogen-bond acceptors (Lipinski definition) is 2. The summed E-state index contributed by atoms with van der Waals surface area (Å²) in [6.07, 6.45) is 2.06. The molecule has 0 spiro atoms. The highest BCUT2D eigenvalue weighted by Crippen LogP contribution is 2.49. The SMILES string of the molecule is O=C(O)CC1(COc2ccc3ccccc3c2Br)CC1. The van der Waals surface area contributed by atoms with Crippen LogP contribution in [-0.2, 0) is 4.79 Å². The summed E-state index contributed by atoms with van der Waals surface area (Å²) in [5, 5.41) is 11.2. The van der Waals surface area contributed by atoms with E-state index >= 15 is 0 Å². The second-order valence-corrected chi connectivity index (χ2v) is 6.25. The first-order valence-electron chi connectivity index (χ1n) is 6.62. The van der Waals surface area contributed by atoms with Gasteiger partial charge in [0.15, 0.2) is 0 Å². The van der Waals surface area contributed by atoms with Crippen molar-refractivity contribution in [3.63, 3.8) is 0 Å². The fourth-order valence-electron chi connectivity index (χ4n) is 2.43. The number of ether oxygens (including phenoxy) is 1. The van der Waals surface area contributed by atoms with Crippen molar-refractivity contribution in [2.75, 3.05) is 6.61 Å². The molecule has 1 saturated carbocycles. The molecule has 4 heteroatoms. The Labute approximate surface area is 125 Å². The van der Waals surface area contributed by atoms with Gasteiger partial charge in [0, 0.05) is 5.41 Å². The van der Waals surface area contributed by atoms with E-state index < -0.39 is 5.97 Å². The maximum absolute atomic E-state index is 10.8. The Morgan fingerprint density at radius 2 is 2.00 bits per heavy atom. The molecule has 20 heavy (non-hydrogen) atoms. The minimum absolute atomic E-state index is 0.156. The number of carbonyl (C=O) groups is 1. The molecule has 2 aromatic rings. The zero-order valence-corrected chi connectivity index (χ0v) is 12.5. The average molecular weight is 335 g/mol. The van der Waals surface area contributed by atoms with E-state index in [4.69, 9.17) is 9.84 Å². The zero-order valence-electron chi connectivity index (χ0n) is 10.9. The molecule has 0 aromatic heterocycles. The van der Waals surface area contributed by atoms with Crippen LogP contribution in [0.1, 0.15) is 19.3 Å². The minimum Gasteiger partial charge on any atom is -0.492 e. The van der Waals surface area contributed by atoms with E-state index in [1.807, 2.05) is 30.3 Å². The summed E-state index contributed by atoms with van der Waals surface area (Å²) in [7, 11) is 0. The number of benzene rings is 2. The third-order valence-corrected chi connectivity index (χ3v) is 4.66. The lowest BCUT2D eigenvalue weighted by Gasteiger charge is -2.15. The van der Waals surface area contributed by atoms with Crippen molar-refractivity contribution in [3.8, 4) is 5.75 Å². The molecular formula is C16H15BrO3. The Morgan fingerprint density at radius 3 is 2.70 bits per heavy atom.